The van der Waals surface area contributed by atoms with Crippen molar-refractivity contribution in [3.63, 3.8) is 0 Å². The van der Waals surface area contributed by atoms with Gasteiger partial charge in [0.05, 0.1) is 12.2 Å². The van der Waals surface area contributed by atoms with Crippen LogP contribution in [0.2, 0.25) is 0 Å². The maximum atomic E-state index is 12.2. The van der Waals surface area contributed by atoms with E-state index in [9.17, 15) is 9.59 Å². The molecular weight excluding hydrogens is 274 g/mol. The van der Waals surface area contributed by atoms with Gasteiger partial charge in [-0.3, -0.25) is 4.79 Å². The molecule has 1 aromatic heterocycles. The van der Waals surface area contributed by atoms with E-state index in [0.717, 1.165) is 44.1 Å². The molecule has 5 heteroatoms. The molecule has 4 nitrogen and oxygen atoms in total. The fraction of sp³-hybridized carbons (Fsp3) is 0.600. The quantitative estimate of drug-likeness (QED) is 0.868. The average molecular weight is 293 g/mol. The van der Waals surface area contributed by atoms with Gasteiger partial charge in [-0.15, -0.1) is 11.3 Å². The van der Waals surface area contributed by atoms with E-state index in [1.165, 1.54) is 4.88 Å². The van der Waals surface area contributed by atoms with Crippen molar-refractivity contribution in [3.05, 3.63) is 16.0 Å². The number of carbonyl (C=O) groups excluding carboxylic acids is 2. The number of anilines is 1. The van der Waals surface area contributed by atoms with Crippen LogP contribution in [0.1, 0.15) is 53.4 Å². The average Bonchev–Trinajstić information content (AvgIpc) is 2.86. The van der Waals surface area contributed by atoms with Crippen molar-refractivity contribution in [2.75, 3.05) is 11.9 Å². The van der Waals surface area contributed by atoms with Crippen molar-refractivity contribution in [2.24, 2.45) is 5.92 Å². The third kappa shape index (κ3) is 2.35. The molecule has 2 aliphatic rings. The summed E-state index contributed by atoms with van der Waals surface area (Å²) in [4.78, 5) is 25.5. The molecule has 108 valence electrons. The standard InChI is InChI=1S/C15H19NO3S/c1-2-19-15(18)12-10-7-4-8-11(10)20-14(12)16-13(17)9-5-3-6-9/h9H,2-8H2,1H3,(H,16,17). The number of thiophene rings is 1. The van der Waals surface area contributed by atoms with Crippen LogP contribution in [0, 0.1) is 5.92 Å². The van der Waals surface area contributed by atoms with Gasteiger partial charge in [-0.05, 0) is 44.6 Å². The first-order chi connectivity index (χ1) is 9.70. The lowest BCUT2D eigenvalue weighted by molar-refractivity contribution is -0.122. The van der Waals surface area contributed by atoms with Gasteiger partial charge in [0.15, 0.2) is 0 Å². The van der Waals surface area contributed by atoms with E-state index in [-0.39, 0.29) is 17.8 Å². The van der Waals surface area contributed by atoms with Crippen molar-refractivity contribution in [2.45, 2.75) is 45.4 Å². The molecule has 0 unspecified atom stereocenters. The highest BCUT2D eigenvalue weighted by Gasteiger charge is 2.31. The summed E-state index contributed by atoms with van der Waals surface area (Å²) in [6.45, 7) is 2.16. The number of ether oxygens (including phenoxy) is 1. The van der Waals surface area contributed by atoms with Crippen LogP contribution in [0.15, 0.2) is 0 Å². The van der Waals surface area contributed by atoms with Crippen LogP contribution in [0.5, 0.6) is 0 Å². The Labute approximate surface area is 122 Å². The number of carbonyl (C=O) groups is 2. The Morgan fingerprint density at radius 2 is 2.10 bits per heavy atom. The zero-order valence-corrected chi connectivity index (χ0v) is 12.5. The fourth-order valence-electron chi connectivity index (χ4n) is 2.80. The second-order valence-electron chi connectivity index (χ2n) is 5.40. The van der Waals surface area contributed by atoms with E-state index in [2.05, 4.69) is 5.32 Å². The molecule has 0 saturated heterocycles. The summed E-state index contributed by atoms with van der Waals surface area (Å²) in [7, 11) is 0. The highest BCUT2D eigenvalue weighted by molar-refractivity contribution is 7.17. The summed E-state index contributed by atoms with van der Waals surface area (Å²) >= 11 is 1.55. The molecule has 2 aliphatic carbocycles. The van der Waals surface area contributed by atoms with Gasteiger partial charge < -0.3 is 10.1 Å². The van der Waals surface area contributed by atoms with E-state index in [4.69, 9.17) is 4.74 Å². The Morgan fingerprint density at radius 1 is 1.30 bits per heavy atom. The molecule has 1 fully saturated rings. The number of nitrogens with one attached hydrogen (secondary N) is 1. The lowest BCUT2D eigenvalue weighted by Gasteiger charge is -2.23. The number of amides is 1. The number of rotatable bonds is 4. The van der Waals surface area contributed by atoms with Crippen LogP contribution in [0.25, 0.3) is 0 Å². The van der Waals surface area contributed by atoms with Gasteiger partial charge in [-0.25, -0.2) is 4.79 Å². The molecule has 1 heterocycles. The van der Waals surface area contributed by atoms with Crippen molar-refractivity contribution >= 4 is 28.2 Å². The van der Waals surface area contributed by atoms with Gasteiger partial charge in [0.2, 0.25) is 5.91 Å². The summed E-state index contributed by atoms with van der Waals surface area (Å²) in [5.74, 6) is -0.112. The second-order valence-corrected chi connectivity index (χ2v) is 6.50. The number of hydrogen-bond acceptors (Lipinski definition) is 4. The van der Waals surface area contributed by atoms with Crippen LogP contribution in [0.4, 0.5) is 5.00 Å². The monoisotopic (exact) mass is 293 g/mol. The van der Waals surface area contributed by atoms with Crippen molar-refractivity contribution in [1.82, 2.24) is 0 Å². The Balaban J connectivity index is 1.85. The van der Waals surface area contributed by atoms with Gasteiger partial charge in [0.25, 0.3) is 0 Å². The SMILES string of the molecule is CCOC(=O)c1c(NC(=O)C2CCC2)sc2c1CCC2. The Hall–Kier alpha value is -1.36. The highest BCUT2D eigenvalue weighted by atomic mass is 32.1. The molecule has 0 bridgehead atoms. The zero-order chi connectivity index (χ0) is 14.1. The summed E-state index contributed by atoms with van der Waals surface area (Å²) in [6.07, 6.45) is 6.07. The molecule has 3 rings (SSSR count). The lowest BCUT2D eigenvalue weighted by atomic mass is 9.85. The molecular formula is C15H19NO3S. The van der Waals surface area contributed by atoms with Gasteiger partial charge in [-0.2, -0.15) is 0 Å². The molecule has 1 saturated carbocycles. The second kappa shape index (κ2) is 5.56. The highest BCUT2D eigenvalue weighted by Crippen LogP contribution is 2.40. The molecule has 0 radical (unpaired) electrons. The molecule has 0 atom stereocenters. The first-order valence-electron chi connectivity index (χ1n) is 7.33. The fourth-order valence-corrected chi connectivity index (χ4v) is 4.08. The van der Waals surface area contributed by atoms with Crippen molar-refractivity contribution in [1.29, 1.82) is 0 Å². The van der Waals surface area contributed by atoms with E-state index in [0.29, 0.717) is 17.2 Å². The van der Waals surface area contributed by atoms with E-state index < -0.39 is 0 Å². The Bertz CT molecular complexity index is 546. The van der Waals surface area contributed by atoms with Gasteiger partial charge in [0, 0.05) is 10.8 Å². The Kier molecular flexibility index (Phi) is 3.78. The first kappa shape index (κ1) is 13.6. The number of fused-ring (bicyclic) bond motifs is 1. The minimum atomic E-state index is -0.296. The predicted molar refractivity (Wildman–Crippen MR) is 78.3 cm³/mol. The molecule has 20 heavy (non-hydrogen) atoms. The van der Waals surface area contributed by atoms with Crippen molar-refractivity contribution < 1.29 is 14.3 Å². The Morgan fingerprint density at radius 3 is 2.75 bits per heavy atom. The third-order valence-electron chi connectivity index (χ3n) is 4.11. The maximum Gasteiger partial charge on any atom is 0.341 e. The molecule has 1 N–H and O–H groups in total. The zero-order valence-electron chi connectivity index (χ0n) is 11.7. The van der Waals surface area contributed by atoms with E-state index in [1.54, 1.807) is 18.3 Å². The molecule has 0 aromatic carbocycles. The van der Waals surface area contributed by atoms with E-state index >= 15 is 0 Å². The summed E-state index contributed by atoms with van der Waals surface area (Å²) in [5.41, 5.74) is 1.70. The van der Waals surface area contributed by atoms with Gasteiger partial charge in [-0.1, -0.05) is 6.42 Å². The molecule has 1 aromatic rings. The molecule has 0 aliphatic heterocycles. The topological polar surface area (TPSA) is 55.4 Å². The number of esters is 1. The van der Waals surface area contributed by atoms with Gasteiger partial charge in [0.1, 0.15) is 5.00 Å². The summed E-state index contributed by atoms with van der Waals surface area (Å²) in [6, 6.07) is 0. The smallest absolute Gasteiger partial charge is 0.341 e. The number of aryl methyl sites for hydroxylation is 1. The summed E-state index contributed by atoms with van der Waals surface area (Å²) in [5, 5.41) is 3.66. The molecule has 0 spiro atoms. The molecule has 1 amide bonds. The van der Waals surface area contributed by atoms with E-state index in [1.807, 2.05) is 0 Å². The summed E-state index contributed by atoms with van der Waals surface area (Å²) < 4.78 is 5.15. The van der Waals surface area contributed by atoms with Crippen LogP contribution < -0.4 is 5.32 Å². The first-order valence-corrected chi connectivity index (χ1v) is 8.15. The largest absolute Gasteiger partial charge is 0.462 e. The van der Waals surface area contributed by atoms with Gasteiger partial charge >= 0.3 is 5.97 Å². The normalized spacial score (nSPS) is 17.4. The number of hydrogen-bond donors (Lipinski definition) is 1. The van der Waals surface area contributed by atoms with Crippen molar-refractivity contribution in [3.8, 4) is 0 Å². The van der Waals surface area contributed by atoms with Crippen LogP contribution in [-0.4, -0.2) is 18.5 Å². The lowest BCUT2D eigenvalue weighted by Crippen LogP contribution is -2.28. The van der Waals surface area contributed by atoms with Crippen LogP contribution >= 0.6 is 11.3 Å². The minimum Gasteiger partial charge on any atom is -0.462 e. The van der Waals surface area contributed by atoms with Crippen LogP contribution in [-0.2, 0) is 22.4 Å². The predicted octanol–water partition coefficient (Wildman–Crippen LogP) is 3.15. The minimum absolute atomic E-state index is 0.0571. The van der Waals surface area contributed by atoms with Crippen LogP contribution in [0.3, 0.4) is 0 Å². The maximum absolute atomic E-state index is 12.2. The third-order valence-corrected chi connectivity index (χ3v) is 5.32.